The maximum Gasteiger partial charge on any atom is 0.416 e. The maximum absolute atomic E-state index is 13.2. The van der Waals surface area contributed by atoms with Gasteiger partial charge in [-0.2, -0.15) is 17.5 Å². The van der Waals surface area contributed by atoms with E-state index < -0.39 is 32.2 Å². The summed E-state index contributed by atoms with van der Waals surface area (Å²) in [5, 5.41) is 2.50. The molecule has 1 saturated heterocycles. The molecular weight excluding hydrogens is 471 g/mol. The topological polar surface area (TPSA) is 86.8 Å². The fourth-order valence-corrected chi connectivity index (χ4v) is 6.26. The number of nitrogens with one attached hydrogen (secondary N) is 1. The van der Waals surface area contributed by atoms with Gasteiger partial charge in [0.2, 0.25) is 21.8 Å². The Kier molecular flexibility index (Phi) is 7.11. The van der Waals surface area contributed by atoms with Gasteiger partial charge in [-0.3, -0.25) is 9.59 Å². The lowest BCUT2D eigenvalue weighted by atomic mass is 9.80. The summed E-state index contributed by atoms with van der Waals surface area (Å²) in [5.41, 5.74) is -2.10. The minimum atomic E-state index is -4.71. The Morgan fingerprint density at radius 3 is 2.19 bits per heavy atom. The second kappa shape index (κ2) is 9.18. The third-order valence-corrected chi connectivity index (χ3v) is 8.31. The van der Waals surface area contributed by atoms with E-state index in [-0.39, 0.29) is 43.0 Å². The lowest BCUT2D eigenvalue weighted by Gasteiger charge is -2.42. The zero-order valence-electron chi connectivity index (χ0n) is 17.5. The minimum absolute atomic E-state index is 0.0655. The van der Waals surface area contributed by atoms with Gasteiger partial charge in [0.1, 0.15) is 10.4 Å². The highest BCUT2D eigenvalue weighted by Crippen LogP contribution is 2.35. The van der Waals surface area contributed by atoms with Gasteiger partial charge >= 0.3 is 6.18 Å². The smallest absolute Gasteiger partial charge is 0.342 e. The molecule has 2 aliphatic rings. The van der Waals surface area contributed by atoms with Crippen molar-refractivity contribution in [1.82, 2.24) is 14.5 Å². The Morgan fingerprint density at radius 2 is 1.66 bits per heavy atom. The average molecular weight is 496 g/mol. The summed E-state index contributed by atoms with van der Waals surface area (Å²) in [5.74, 6) is -0.554. The maximum atomic E-state index is 13.2. The van der Waals surface area contributed by atoms with Crippen LogP contribution in [-0.2, 0) is 25.8 Å². The van der Waals surface area contributed by atoms with Crippen molar-refractivity contribution in [3.05, 3.63) is 28.8 Å². The zero-order valence-corrected chi connectivity index (χ0v) is 19.1. The highest BCUT2D eigenvalue weighted by atomic mass is 35.5. The normalized spacial score (nSPS) is 20.1. The summed E-state index contributed by atoms with van der Waals surface area (Å²) in [6, 6.07) is 2.17. The van der Waals surface area contributed by atoms with Crippen LogP contribution in [0.1, 0.15) is 44.6 Å². The van der Waals surface area contributed by atoms with Crippen LogP contribution in [0.5, 0.6) is 0 Å². The van der Waals surface area contributed by atoms with E-state index in [0.717, 1.165) is 35.7 Å². The van der Waals surface area contributed by atoms with Gasteiger partial charge in [0.05, 0.1) is 10.6 Å². The van der Waals surface area contributed by atoms with Crippen molar-refractivity contribution >= 4 is 33.4 Å². The van der Waals surface area contributed by atoms with Crippen LogP contribution in [0, 0.1) is 0 Å². The number of amides is 2. The van der Waals surface area contributed by atoms with Gasteiger partial charge in [-0.1, -0.05) is 30.9 Å². The van der Waals surface area contributed by atoms with Crippen molar-refractivity contribution in [1.29, 1.82) is 0 Å². The number of nitrogens with zero attached hydrogens (tertiary/aromatic N) is 2. The number of alkyl halides is 3. The van der Waals surface area contributed by atoms with Gasteiger partial charge in [-0.15, -0.1) is 0 Å². The second-order valence-electron chi connectivity index (χ2n) is 8.16. The van der Waals surface area contributed by atoms with Crippen LogP contribution in [0.25, 0.3) is 0 Å². The number of halogens is 4. The zero-order chi connectivity index (χ0) is 23.7. The molecule has 0 aromatic heterocycles. The predicted molar refractivity (Wildman–Crippen MR) is 111 cm³/mol. The molecule has 1 saturated carbocycles. The molecule has 0 atom stereocenters. The molecule has 2 fully saturated rings. The highest BCUT2D eigenvalue weighted by Gasteiger charge is 2.44. The first kappa shape index (κ1) is 24.8. The molecule has 1 heterocycles. The molecule has 7 nitrogen and oxygen atoms in total. The Hall–Kier alpha value is -1.85. The SMILES string of the molecule is CC(=O)NC1(C(=O)N2CCN(S(=O)(=O)c3cc(C(F)(F)F)ccc3Cl)CC2)CCCCC1. The van der Waals surface area contributed by atoms with E-state index in [1.165, 1.54) is 11.8 Å². The first-order chi connectivity index (χ1) is 14.9. The Labute approximate surface area is 189 Å². The van der Waals surface area contributed by atoms with E-state index in [9.17, 15) is 31.2 Å². The molecule has 0 unspecified atom stereocenters. The Morgan fingerprint density at radius 1 is 1.06 bits per heavy atom. The summed E-state index contributed by atoms with van der Waals surface area (Å²) < 4.78 is 66.2. The summed E-state index contributed by atoms with van der Waals surface area (Å²) in [7, 11) is -4.29. The quantitative estimate of drug-likeness (QED) is 0.695. The molecule has 1 aromatic carbocycles. The van der Waals surface area contributed by atoms with E-state index in [2.05, 4.69) is 5.32 Å². The van der Waals surface area contributed by atoms with Crippen molar-refractivity contribution in [2.24, 2.45) is 0 Å². The molecule has 0 radical (unpaired) electrons. The lowest BCUT2D eigenvalue weighted by Crippen LogP contribution is -2.63. The summed E-state index contributed by atoms with van der Waals surface area (Å²) in [6.07, 6.45) is -1.10. The molecule has 12 heteroatoms. The Balaban J connectivity index is 1.76. The van der Waals surface area contributed by atoms with Crippen molar-refractivity contribution in [2.75, 3.05) is 26.2 Å². The number of carbonyl (C=O) groups is 2. The Bertz CT molecular complexity index is 986. The van der Waals surface area contributed by atoms with Crippen LogP contribution in [0.2, 0.25) is 5.02 Å². The van der Waals surface area contributed by atoms with Gasteiger partial charge in [-0.25, -0.2) is 8.42 Å². The van der Waals surface area contributed by atoms with Crippen molar-refractivity contribution < 1.29 is 31.2 Å². The molecule has 1 aliphatic heterocycles. The number of piperazine rings is 1. The number of benzene rings is 1. The van der Waals surface area contributed by atoms with E-state index in [1.807, 2.05) is 0 Å². The van der Waals surface area contributed by atoms with Crippen LogP contribution in [-0.4, -0.2) is 61.2 Å². The van der Waals surface area contributed by atoms with Crippen LogP contribution < -0.4 is 5.32 Å². The van der Waals surface area contributed by atoms with Gasteiger partial charge in [0, 0.05) is 33.1 Å². The summed E-state index contributed by atoms with van der Waals surface area (Å²) in [6.45, 7) is 1.31. The van der Waals surface area contributed by atoms with Gasteiger partial charge in [-0.05, 0) is 31.0 Å². The molecule has 3 rings (SSSR count). The largest absolute Gasteiger partial charge is 0.416 e. The number of hydrogen-bond donors (Lipinski definition) is 1. The lowest BCUT2D eigenvalue weighted by molar-refractivity contribution is -0.144. The molecule has 2 amide bonds. The molecule has 0 bridgehead atoms. The van der Waals surface area contributed by atoms with Crippen LogP contribution in [0.3, 0.4) is 0 Å². The molecule has 32 heavy (non-hydrogen) atoms. The summed E-state index contributed by atoms with van der Waals surface area (Å²) in [4.78, 5) is 25.9. The van der Waals surface area contributed by atoms with E-state index in [4.69, 9.17) is 11.6 Å². The molecule has 0 spiro atoms. The monoisotopic (exact) mass is 495 g/mol. The second-order valence-corrected chi connectivity index (χ2v) is 10.5. The fraction of sp³-hybridized carbons (Fsp3) is 0.600. The molecule has 1 aliphatic carbocycles. The van der Waals surface area contributed by atoms with E-state index >= 15 is 0 Å². The first-order valence-corrected chi connectivity index (χ1v) is 12.1. The first-order valence-electron chi connectivity index (χ1n) is 10.3. The molecule has 1 N–H and O–H groups in total. The molecule has 178 valence electrons. The number of sulfonamides is 1. The van der Waals surface area contributed by atoms with Gasteiger partial charge < -0.3 is 10.2 Å². The van der Waals surface area contributed by atoms with Crippen LogP contribution in [0.4, 0.5) is 13.2 Å². The third kappa shape index (κ3) is 5.04. The summed E-state index contributed by atoms with van der Waals surface area (Å²) >= 11 is 5.92. The number of rotatable bonds is 4. The van der Waals surface area contributed by atoms with E-state index in [1.54, 1.807) is 0 Å². The minimum Gasteiger partial charge on any atom is -0.342 e. The molecular formula is C20H25ClF3N3O4S. The third-order valence-electron chi connectivity index (χ3n) is 5.93. The van der Waals surface area contributed by atoms with Crippen molar-refractivity contribution in [2.45, 2.75) is 55.6 Å². The van der Waals surface area contributed by atoms with Crippen molar-refractivity contribution in [3.63, 3.8) is 0 Å². The van der Waals surface area contributed by atoms with Gasteiger partial charge in [0.25, 0.3) is 0 Å². The highest BCUT2D eigenvalue weighted by molar-refractivity contribution is 7.89. The standard InChI is InChI=1S/C20H25ClF3N3O4S/c1-14(28)25-19(7-3-2-4-8-19)18(29)26-9-11-27(12-10-26)32(30,31)17-13-15(20(22,23)24)5-6-16(17)21/h5-6,13H,2-4,7-12H2,1H3,(H,25,28). The predicted octanol–water partition coefficient (Wildman–Crippen LogP) is 3.03. The number of hydrogen-bond acceptors (Lipinski definition) is 4. The average Bonchev–Trinajstić information content (AvgIpc) is 2.73. The van der Waals surface area contributed by atoms with Crippen LogP contribution >= 0.6 is 11.6 Å². The fourth-order valence-electron chi connectivity index (χ4n) is 4.34. The van der Waals surface area contributed by atoms with Crippen molar-refractivity contribution in [3.8, 4) is 0 Å². The van der Waals surface area contributed by atoms with Gasteiger partial charge in [0.15, 0.2) is 0 Å². The number of carbonyl (C=O) groups excluding carboxylic acids is 2. The van der Waals surface area contributed by atoms with Crippen LogP contribution in [0.15, 0.2) is 23.1 Å². The molecule has 1 aromatic rings. The van der Waals surface area contributed by atoms with E-state index in [0.29, 0.717) is 18.9 Å².